The van der Waals surface area contributed by atoms with Gasteiger partial charge in [-0.15, -0.1) is 0 Å². The van der Waals surface area contributed by atoms with Gasteiger partial charge in [-0.3, -0.25) is 15.0 Å². The quantitative estimate of drug-likeness (QED) is 0.195. The van der Waals surface area contributed by atoms with Gasteiger partial charge in [-0.2, -0.15) is 0 Å². The summed E-state index contributed by atoms with van der Waals surface area (Å²) in [5.74, 6) is -0.557. The molecule has 0 saturated carbocycles. The normalized spacial score (nSPS) is 10.5. The van der Waals surface area contributed by atoms with Gasteiger partial charge < -0.3 is 16.4 Å². The van der Waals surface area contributed by atoms with Crippen molar-refractivity contribution in [1.29, 1.82) is 5.41 Å². The Bertz CT molecular complexity index is 1400. The van der Waals surface area contributed by atoms with E-state index in [0.717, 1.165) is 11.1 Å². The molecule has 0 unspecified atom stereocenters. The summed E-state index contributed by atoms with van der Waals surface area (Å²) >= 11 is 11.9. The van der Waals surface area contributed by atoms with Crippen molar-refractivity contribution in [3.05, 3.63) is 112 Å². The van der Waals surface area contributed by atoms with Crippen molar-refractivity contribution < 1.29 is 9.59 Å². The molecule has 0 aliphatic rings. The number of nitrogens with two attached hydrogens (primary N) is 1. The topological polar surface area (TPSA) is 121 Å². The average Bonchev–Trinajstić information content (AvgIpc) is 2.86. The fraction of sp³-hybridized carbons (Fsp3) is 0. The summed E-state index contributed by atoms with van der Waals surface area (Å²) in [6.45, 7) is 0. The Morgan fingerprint density at radius 2 is 1.34 bits per heavy atom. The number of carbonyl (C=O) groups excluding carboxylic acids is 2. The number of carbonyl (C=O) groups is 2. The second-order valence-corrected chi connectivity index (χ2v) is 8.40. The number of hydrogen-bond acceptors (Lipinski definition) is 4. The molecule has 2 amide bonds. The fourth-order valence-electron chi connectivity index (χ4n) is 3.30. The lowest BCUT2D eigenvalue weighted by Crippen LogP contribution is -2.18. The van der Waals surface area contributed by atoms with Crippen LogP contribution in [0.2, 0.25) is 10.0 Å². The van der Waals surface area contributed by atoms with E-state index < -0.39 is 5.91 Å². The van der Waals surface area contributed by atoms with E-state index in [1.54, 1.807) is 48.5 Å². The van der Waals surface area contributed by atoms with Gasteiger partial charge in [0.25, 0.3) is 11.8 Å². The molecule has 0 aliphatic heterocycles. The molecule has 0 bridgehead atoms. The number of nitrogens with one attached hydrogen (secondary N) is 3. The highest BCUT2D eigenvalue weighted by atomic mass is 35.5. The summed E-state index contributed by atoms with van der Waals surface area (Å²) in [6.07, 6.45) is 1.42. The van der Waals surface area contributed by atoms with Crippen molar-refractivity contribution in [3.8, 4) is 11.1 Å². The average molecular weight is 504 g/mol. The van der Waals surface area contributed by atoms with E-state index >= 15 is 0 Å². The van der Waals surface area contributed by atoms with Crippen LogP contribution >= 0.6 is 23.2 Å². The van der Waals surface area contributed by atoms with Crippen LogP contribution in [0.4, 0.5) is 11.5 Å². The highest BCUT2D eigenvalue weighted by Gasteiger charge is 2.16. The van der Waals surface area contributed by atoms with Crippen molar-refractivity contribution in [1.82, 2.24) is 4.98 Å². The first-order valence-electron chi connectivity index (χ1n) is 10.4. The molecular formula is C26H19Cl2N5O2. The maximum absolute atomic E-state index is 12.9. The van der Waals surface area contributed by atoms with Crippen molar-refractivity contribution in [2.45, 2.75) is 0 Å². The number of amidine groups is 1. The molecule has 9 heteroatoms. The third-order valence-corrected chi connectivity index (χ3v) is 5.58. The van der Waals surface area contributed by atoms with Gasteiger partial charge in [0.1, 0.15) is 11.7 Å². The van der Waals surface area contributed by atoms with Crippen LogP contribution in [-0.4, -0.2) is 22.6 Å². The minimum Gasteiger partial charge on any atom is -0.384 e. The number of nitrogen functional groups attached to an aromatic ring is 1. The van der Waals surface area contributed by atoms with Gasteiger partial charge in [-0.25, -0.2) is 4.98 Å². The molecule has 4 aromatic rings. The zero-order valence-corrected chi connectivity index (χ0v) is 19.7. The molecule has 7 nitrogen and oxygen atoms in total. The van der Waals surface area contributed by atoms with Crippen LogP contribution in [0.3, 0.4) is 0 Å². The van der Waals surface area contributed by atoms with Crippen molar-refractivity contribution in [2.75, 3.05) is 10.6 Å². The highest BCUT2D eigenvalue weighted by Crippen LogP contribution is 2.24. The molecule has 174 valence electrons. The second kappa shape index (κ2) is 10.4. The molecule has 35 heavy (non-hydrogen) atoms. The molecule has 0 radical (unpaired) electrons. The summed E-state index contributed by atoms with van der Waals surface area (Å²) in [5, 5.41) is 13.7. The Balaban J connectivity index is 1.51. The van der Waals surface area contributed by atoms with Crippen molar-refractivity contribution in [3.63, 3.8) is 0 Å². The van der Waals surface area contributed by atoms with E-state index in [9.17, 15) is 9.59 Å². The van der Waals surface area contributed by atoms with E-state index in [1.165, 1.54) is 12.3 Å². The van der Waals surface area contributed by atoms with E-state index in [4.69, 9.17) is 34.3 Å². The summed E-state index contributed by atoms with van der Waals surface area (Å²) in [4.78, 5) is 29.8. The highest BCUT2D eigenvalue weighted by molar-refractivity contribution is 6.31. The molecule has 3 aromatic carbocycles. The van der Waals surface area contributed by atoms with Crippen LogP contribution in [-0.2, 0) is 0 Å². The molecule has 5 N–H and O–H groups in total. The Morgan fingerprint density at radius 1 is 0.743 bits per heavy atom. The molecule has 0 atom stereocenters. The molecule has 1 aromatic heterocycles. The minimum absolute atomic E-state index is 0.00301. The monoisotopic (exact) mass is 503 g/mol. The van der Waals surface area contributed by atoms with Crippen LogP contribution < -0.4 is 16.4 Å². The Morgan fingerprint density at radius 3 is 1.91 bits per heavy atom. The largest absolute Gasteiger partial charge is 0.384 e. The molecule has 0 fully saturated rings. The number of nitrogens with zero attached hydrogens (tertiary/aromatic N) is 1. The summed E-state index contributed by atoms with van der Waals surface area (Å²) in [5.41, 5.74) is 8.86. The SMILES string of the molecule is N=C(N)c1ccc(-c2ccc(C(=O)Nc3ccc(Cl)cc3C(=O)Nc3ccc(Cl)cn3)cc2)cc1. The molecule has 1 heterocycles. The van der Waals surface area contributed by atoms with Gasteiger partial charge in [-0.05, 0) is 53.6 Å². The maximum Gasteiger partial charge on any atom is 0.258 e. The van der Waals surface area contributed by atoms with Gasteiger partial charge in [-0.1, -0.05) is 59.6 Å². The first kappa shape index (κ1) is 23.9. The minimum atomic E-state index is -0.484. The molecular weight excluding hydrogens is 485 g/mol. The van der Waals surface area contributed by atoms with Crippen molar-refractivity contribution in [2.24, 2.45) is 5.73 Å². The number of hydrogen-bond donors (Lipinski definition) is 4. The number of anilines is 2. The molecule has 0 aliphatic carbocycles. The summed E-state index contributed by atoms with van der Waals surface area (Å²) in [6, 6.07) is 22.1. The number of benzene rings is 3. The van der Waals surface area contributed by atoms with E-state index in [-0.39, 0.29) is 17.3 Å². The number of aromatic nitrogens is 1. The molecule has 0 spiro atoms. The van der Waals surface area contributed by atoms with Gasteiger partial charge in [0, 0.05) is 22.3 Å². The predicted molar refractivity (Wildman–Crippen MR) is 139 cm³/mol. The van der Waals surface area contributed by atoms with Gasteiger partial charge in [0.2, 0.25) is 0 Å². The Hall–Kier alpha value is -4.20. The molecule has 4 rings (SSSR count). The number of amides is 2. The number of halogens is 2. The lowest BCUT2D eigenvalue weighted by atomic mass is 10.0. The lowest BCUT2D eigenvalue weighted by molar-refractivity contribution is 0.102. The van der Waals surface area contributed by atoms with Crippen LogP contribution in [0.15, 0.2) is 85.1 Å². The third-order valence-electron chi connectivity index (χ3n) is 5.12. The van der Waals surface area contributed by atoms with E-state index in [2.05, 4.69) is 15.6 Å². The zero-order chi connectivity index (χ0) is 24.9. The first-order chi connectivity index (χ1) is 16.8. The van der Waals surface area contributed by atoms with Crippen molar-refractivity contribution >= 4 is 52.4 Å². The smallest absolute Gasteiger partial charge is 0.258 e. The van der Waals surface area contributed by atoms with Gasteiger partial charge in [0.05, 0.1) is 16.3 Å². The first-order valence-corrected chi connectivity index (χ1v) is 11.1. The van der Waals surface area contributed by atoms with E-state index in [0.29, 0.717) is 32.7 Å². The van der Waals surface area contributed by atoms with Gasteiger partial charge >= 0.3 is 0 Å². The van der Waals surface area contributed by atoms with E-state index in [1.807, 2.05) is 24.3 Å². The number of rotatable bonds is 6. The maximum atomic E-state index is 12.9. The Kier molecular flexibility index (Phi) is 7.10. The van der Waals surface area contributed by atoms with Gasteiger partial charge in [0.15, 0.2) is 0 Å². The summed E-state index contributed by atoms with van der Waals surface area (Å²) in [7, 11) is 0. The fourth-order valence-corrected chi connectivity index (χ4v) is 3.58. The van der Waals surface area contributed by atoms with Crippen LogP contribution in [0.5, 0.6) is 0 Å². The molecule has 0 saturated heterocycles. The number of pyridine rings is 1. The second-order valence-electron chi connectivity index (χ2n) is 7.53. The lowest BCUT2D eigenvalue weighted by Gasteiger charge is -2.12. The zero-order valence-electron chi connectivity index (χ0n) is 18.2. The van der Waals surface area contributed by atoms with Crippen LogP contribution in [0.1, 0.15) is 26.3 Å². The predicted octanol–water partition coefficient (Wildman–Crippen LogP) is 5.84. The Labute approximate surface area is 211 Å². The standard InChI is InChI=1S/C26H19Cl2N5O2/c27-19-9-11-22(21(13-19)26(35)33-23-12-10-20(28)14-31-23)32-25(34)18-7-3-16(4-8-18)15-1-5-17(6-2-15)24(29)30/h1-14H,(H3,29,30)(H,32,34)(H,31,33,35). The summed E-state index contributed by atoms with van der Waals surface area (Å²) < 4.78 is 0. The third kappa shape index (κ3) is 5.84. The van der Waals surface area contributed by atoms with Crippen LogP contribution in [0, 0.1) is 5.41 Å². The van der Waals surface area contributed by atoms with Crippen LogP contribution in [0.25, 0.3) is 11.1 Å².